The Kier molecular flexibility index (Phi) is 3.66. The Balaban J connectivity index is 2.87. The van der Waals surface area contributed by atoms with Gasteiger partial charge >= 0.3 is 0 Å². The maximum absolute atomic E-state index is 10.6. The van der Waals surface area contributed by atoms with E-state index < -0.39 is 0 Å². The van der Waals surface area contributed by atoms with Crippen LogP contribution in [0.4, 0.5) is 11.4 Å². The van der Waals surface area contributed by atoms with Gasteiger partial charge in [-0.05, 0) is 32.4 Å². The highest BCUT2D eigenvalue weighted by Gasteiger charge is 2.10. The van der Waals surface area contributed by atoms with Gasteiger partial charge in [0.05, 0.1) is 4.92 Å². The molecular formula is C11H16N2O2. The van der Waals surface area contributed by atoms with Crippen molar-refractivity contribution in [3.05, 3.63) is 33.9 Å². The molecule has 0 saturated heterocycles. The number of hydrogen-bond donors (Lipinski definition) is 1. The molecule has 0 aliphatic heterocycles. The lowest BCUT2D eigenvalue weighted by Crippen LogP contribution is -2.13. The second-order valence-electron chi connectivity index (χ2n) is 3.71. The Labute approximate surface area is 89.5 Å². The van der Waals surface area contributed by atoms with E-state index >= 15 is 0 Å². The lowest BCUT2D eigenvalue weighted by molar-refractivity contribution is -0.385. The fourth-order valence-corrected chi connectivity index (χ4v) is 1.34. The summed E-state index contributed by atoms with van der Waals surface area (Å²) < 4.78 is 0. The maximum atomic E-state index is 10.6. The molecule has 0 saturated carbocycles. The Morgan fingerprint density at radius 2 is 2.20 bits per heavy atom. The Morgan fingerprint density at radius 3 is 2.67 bits per heavy atom. The van der Waals surface area contributed by atoms with Gasteiger partial charge in [-0.2, -0.15) is 0 Å². The van der Waals surface area contributed by atoms with E-state index in [9.17, 15) is 10.1 Å². The fourth-order valence-electron chi connectivity index (χ4n) is 1.34. The smallest absolute Gasteiger partial charge is 0.272 e. The summed E-state index contributed by atoms with van der Waals surface area (Å²) in [5, 5.41) is 13.9. The summed E-state index contributed by atoms with van der Waals surface area (Å²) in [5.74, 6) is 0. The fraction of sp³-hybridized carbons (Fsp3) is 0.455. The molecule has 0 aliphatic rings. The van der Waals surface area contributed by atoms with Gasteiger partial charge in [0.15, 0.2) is 0 Å². The number of nitro groups is 1. The molecule has 0 fully saturated rings. The van der Waals surface area contributed by atoms with Crippen LogP contribution in [0.15, 0.2) is 18.2 Å². The molecule has 1 aromatic carbocycles. The number of hydrogen-bond acceptors (Lipinski definition) is 3. The van der Waals surface area contributed by atoms with Gasteiger partial charge in [-0.15, -0.1) is 0 Å². The number of aryl methyl sites for hydroxylation is 1. The average Bonchev–Trinajstić information content (AvgIpc) is 2.17. The standard InChI is InChI=1S/C11H16N2O2/c1-4-9(3)12-10-5-6-11(13(14)15)8(2)7-10/h5-7,9,12H,4H2,1-3H3/t9-/m0/s1. The lowest BCUT2D eigenvalue weighted by atomic mass is 10.1. The molecule has 82 valence electrons. The van der Waals surface area contributed by atoms with E-state index in [4.69, 9.17) is 0 Å². The Morgan fingerprint density at radius 1 is 1.53 bits per heavy atom. The van der Waals surface area contributed by atoms with E-state index in [2.05, 4.69) is 19.2 Å². The first-order chi connectivity index (χ1) is 7.04. The van der Waals surface area contributed by atoms with Crippen LogP contribution in [0.25, 0.3) is 0 Å². The number of nitrogens with zero attached hydrogens (tertiary/aromatic N) is 1. The van der Waals surface area contributed by atoms with Crippen LogP contribution in [0, 0.1) is 17.0 Å². The van der Waals surface area contributed by atoms with Crippen molar-refractivity contribution in [3.8, 4) is 0 Å². The molecule has 1 N–H and O–H groups in total. The lowest BCUT2D eigenvalue weighted by Gasteiger charge is -2.13. The summed E-state index contributed by atoms with van der Waals surface area (Å²) in [5.41, 5.74) is 1.80. The number of nitro benzene ring substituents is 1. The SMILES string of the molecule is CC[C@H](C)Nc1ccc([N+](=O)[O-])c(C)c1. The third-order valence-electron chi connectivity index (χ3n) is 2.42. The summed E-state index contributed by atoms with van der Waals surface area (Å²) >= 11 is 0. The van der Waals surface area contributed by atoms with Gasteiger partial charge in [0.1, 0.15) is 0 Å². The van der Waals surface area contributed by atoms with E-state index in [1.807, 2.05) is 6.07 Å². The van der Waals surface area contributed by atoms with Crippen molar-refractivity contribution in [1.82, 2.24) is 0 Å². The first-order valence-electron chi connectivity index (χ1n) is 5.06. The zero-order valence-electron chi connectivity index (χ0n) is 9.28. The molecule has 0 spiro atoms. The van der Waals surface area contributed by atoms with E-state index in [-0.39, 0.29) is 10.6 Å². The van der Waals surface area contributed by atoms with Crippen molar-refractivity contribution < 1.29 is 4.92 Å². The Hall–Kier alpha value is -1.58. The quantitative estimate of drug-likeness (QED) is 0.611. The van der Waals surface area contributed by atoms with E-state index in [0.717, 1.165) is 12.1 Å². The third-order valence-corrected chi connectivity index (χ3v) is 2.42. The monoisotopic (exact) mass is 208 g/mol. The number of benzene rings is 1. The summed E-state index contributed by atoms with van der Waals surface area (Å²) in [6.07, 6.45) is 1.02. The minimum absolute atomic E-state index is 0.171. The summed E-state index contributed by atoms with van der Waals surface area (Å²) in [6.45, 7) is 5.92. The van der Waals surface area contributed by atoms with Crippen LogP contribution in [0.5, 0.6) is 0 Å². The van der Waals surface area contributed by atoms with Gasteiger partial charge in [0, 0.05) is 23.4 Å². The molecule has 15 heavy (non-hydrogen) atoms. The highest BCUT2D eigenvalue weighted by Crippen LogP contribution is 2.22. The third kappa shape index (κ3) is 2.94. The van der Waals surface area contributed by atoms with Gasteiger partial charge in [0.2, 0.25) is 0 Å². The molecule has 1 aromatic rings. The van der Waals surface area contributed by atoms with Gasteiger partial charge in [-0.1, -0.05) is 6.92 Å². The topological polar surface area (TPSA) is 55.2 Å². The van der Waals surface area contributed by atoms with Gasteiger partial charge in [-0.25, -0.2) is 0 Å². The molecule has 1 rings (SSSR count). The zero-order chi connectivity index (χ0) is 11.4. The van der Waals surface area contributed by atoms with E-state index in [1.54, 1.807) is 19.1 Å². The number of rotatable bonds is 4. The maximum Gasteiger partial charge on any atom is 0.272 e. The van der Waals surface area contributed by atoms with Crippen LogP contribution < -0.4 is 5.32 Å². The molecule has 1 atom stereocenters. The van der Waals surface area contributed by atoms with Crippen LogP contribution in [-0.4, -0.2) is 11.0 Å². The van der Waals surface area contributed by atoms with E-state index in [0.29, 0.717) is 11.6 Å². The van der Waals surface area contributed by atoms with Gasteiger partial charge < -0.3 is 5.32 Å². The van der Waals surface area contributed by atoms with Crippen LogP contribution in [0.2, 0.25) is 0 Å². The highest BCUT2D eigenvalue weighted by atomic mass is 16.6. The minimum Gasteiger partial charge on any atom is -0.383 e. The molecule has 0 radical (unpaired) electrons. The van der Waals surface area contributed by atoms with Crippen molar-refractivity contribution in [2.75, 3.05) is 5.32 Å². The predicted molar refractivity (Wildman–Crippen MR) is 61.2 cm³/mol. The summed E-state index contributed by atoms with van der Waals surface area (Å²) in [7, 11) is 0. The van der Waals surface area contributed by atoms with Crippen LogP contribution in [0.1, 0.15) is 25.8 Å². The van der Waals surface area contributed by atoms with Gasteiger partial charge in [0.25, 0.3) is 5.69 Å². The van der Waals surface area contributed by atoms with Crippen LogP contribution in [0.3, 0.4) is 0 Å². The second kappa shape index (κ2) is 4.77. The van der Waals surface area contributed by atoms with Crippen LogP contribution >= 0.6 is 0 Å². The molecule has 4 nitrogen and oxygen atoms in total. The molecular weight excluding hydrogens is 192 g/mol. The number of nitrogens with one attached hydrogen (secondary N) is 1. The first kappa shape index (κ1) is 11.5. The van der Waals surface area contributed by atoms with Crippen molar-refractivity contribution in [2.45, 2.75) is 33.2 Å². The molecule has 0 amide bonds. The zero-order valence-corrected chi connectivity index (χ0v) is 9.28. The predicted octanol–water partition coefficient (Wildman–Crippen LogP) is 3.11. The molecule has 0 aromatic heterocycles. The molecule has 0 bridgehead atoms. The van der Waals surface area contributed by atoms with Gasteiger partial charge in [-0.3, -0.25) is 10.1 Å². The Bertz CT molecular complexity index is 364. The van der Waals surface area contributed by atoms with Crippen molar-refractivity contribution in [3.63, 3.8) is 0 Å². The van der Waals surface area contributed by atoms with E-state index in [1.165, 1.54) is 0 Å². The molecule has 4 heteroatoms. The first-order valence-corrected chi connectivity index (χ1v) is 5.06. The van der Waals surface area contributed by atoms with Crippen molar-refractivity contribution in [2.24, 2.45) is 0 Å². The largest absolute Gasteiger partial charge is 0.383 e. The minimum atomic E-state index is -0.359. The molecule has 0 heterocycles. The second-order valence-corrected chi connectivity index (χ2v) is 3.71. The number of anilines is 1. The van der Waals surface area contributed by atoms with Crippen LogP contribution in [-0.2, 0) is 0 Å². The highest BCUT2D eigenvalue weighted by molar-refractivity contribution is 5.53. The summed E-state index contributed by atoms with van der Waals surface area (Å²) in [4.78, 5) is 10.2. The summed E-state index contributed by atoms with van der Waals surface area (Å²) in [6, 6.07) is 5.48. The molecule has 0 unspecified atom stereocenters. The van der Waals surface area contributed by atoms with Crippen molar-refractivity contribution >= 4 is 11.4 Å². The normalized spacial score (nSPS) is 12.2. The average molecular weight is 208 g/mol. The molecule has 0 aliphatic carbocycles. The van der Waals surface area contributed by atoms with Crippen molar-refractivity contribution in [1.29, 1.82) is 0 Å².